The summed E-state index contributed by atoms with van der Waals surface area (Å²) in [5, 5.41) is 3.69. The highest BCUT2D eigenvalue weighted by molar-refractivity contribution is 5.18. The van der Waals surface area contributed by atoms with E-state index in [-0.39, 0.29) is 0 Å². The summed E-state index contributed by atoms with van der Waals surface area (Å²) >= 11 is 0. The Labute approximate surface area is 124 Å². The predicted octanol–water partition coefficient (Wildman–Crippen LogP) is 4.71. The smallest absolute Gasteiger partial charge is 0.0478 e. The standard InChI is InChI=1S/C18H31NO/c1-3-5-7-13-18(17-11-8-6-9-12-17)19-14-10-16-20-15-4-2/h6,8-9,11-12,18-19H,3-5,7,10,13-16H2,1-2H3. The van der Waals surface area contributed by atoms with Crippen LogP contribution in [0.2, 0.25) is 0 Å². The summed E-state index contributed by atoms with van der Waals surface area (Å²) in [7, 11) is 0. The molecule has 0 radical (unpaired) electrons. The summed E-state index contributed by atoms with van der Waals surface area (Å²) in [4.78, 5) is 0. The van der Waals surface area contributed by atoms with E-state index in [0.29, 0.717) is 6.04 Å². The van der Waals surface area contributed by atoms with Crippen molar-refractivity contribution in [1.29, 1.82) is 0 Å². The van der Waals surface area contributed by atoms with Gasteiger partial charge in [-0.1, -0.05) is 63.4 Å². The van der Waals surface area contributed by atoms with Crippen LogP contribution < -0.4 is 5.32 Å². The minimum Gasteiger partial charge on any atom is -0.381 e. The van der Waals surface area contributed by atoms with Gasteiger partial charge in [0.25, 0.3) is 0 Å². The highest BCUT2D eigenvalue weighted by Crippen LogP contribution is 2.19. The van der Waals surface area contributed by atoms with Crippen molar-refractivity contribution in [2.24, 2.45) is 0 Å². The fraction of sp³-hybridized carbons (Fsp3) is 0.667. The van der Waals surface area contributed by atoms with Crippen LogP contribution in [-0.2, 0) is 4.74 Å². The molecule has 2 nitrogen and oxygen atoms in total. The van der Waals surface area contributed by atoms with Gasteiger partial charge in [0.1, 0.15) is 0 Å². The molecule has 0 bridgehead atoms. The van der Waals surface area contributed by atoms with E-state index in [1.807, 2.05) is 0 Å². The second-order valence-corrected chi connectivity index (χ2v) is 5.38. The number of benzene rings is 1. The summed E-state index contributed by atoms with van der Waals surface area (Å²) < 4.78 is 5.53. The molecule has 1 atom stereocenters. The van der Waals surface area contributed by atoms with Gasteiger partial charge in [-0.25, -0.2) is 0 Å². The predicted molar refractivity (Wildman–Crippen MR) is 87.1 cm³/mol. The van der Waals surface area contributed by atoms with E-state index in [1.165, 1.54) is 31.2 Å². The first-order chi connectivity index (χ1) is 9.88. The van der Waals surface area contributed by atoms with Crippen molar-refractivity contribution in [1.82, 2.24) is 5.32 Å². The van der Waals surface area contributed by atoms with Gasteiger partial charge in [-0.3, -0.25) is 0 Å². The first-order valence-corrected chi connectivity index (χ1v) is 8.24. The van der Waals surface area contributed by atoms with Gasteiger partial charge in [0.15, 0.2) is 0 Å². The van der Waals surface area contributed by atoms with Crippen molar-refractivity contribution < 1.29 is 4.74 Å². The largest absolute Gasteiger partial charge is 0.381 e. The maximum atomic E-state index is 5.53. The van der Waals surface area contributed by atoms with Crippen LogP contribution in [-0.4, -0.2) is 19.8 Å². The van der Waals surface area contributed by atoms with Crippen LogP contribution in [0.15, 0.2) is 30.3 Å². The molecule has 0 aliphatic rings. The van der Waals surface area contributed by atoms with Gasteiger partial charge in [0.2, 0.25) is 0 Å². The Balaban J connectivity index is 2.31. The summed E-state index contributed by atoms with van der Waals surface area (Å²) in [5.41, 5.74) is 1.41. The second kappa shape index (κ2) is 11.9. The van der Waals surface area contributed by atoms with Gasteiger partial charge >= 0.3 is 0 Å². The van der Waals surface area contributed by atoms with Crippen molar-refractivity contribution >= 4 is 0 Å². The van der Waals surface area contributed by atoms with Crippen LogP contribution in [0.1, 0.15) is 64.0 Å². The molecule has 1 unspecified atom stereocenters. The molecule has 1 N–H and O–H groups in total. The Morgan fingerprint density at radius 3 is 2.45 bits per heavy atom. The molecule has 0 saturated carbocycles. The van der Waals surface area contributed by atoms with E-state index in [0.717, 1.165) is 32.6 Å². The van der Waals surface area contributed by atoms with Crippen LogP contribution in [0.5, 0.6) is 0 Å². The van der Waals surface area contributed by atoms with Gasteiger partial charge in [-0.2, -0.15) is 0 Å². The lowest BCUT2D eigenvalue weighted by Crippen LogP contribution is -2.23. The van der Waals surface area contributed by atoms with E-state index in [4.69, 9.17) is 4.74 Å². The number of unbranched alkanes of at least 4 members (excludes halogenated alkanes) is 2. The monoisotopic (exact) mass is 277 g/mol. The van der Waals surface area contributed by atoms with Crippen molar-refractivity contribution in [3.8, 4) is 0 Å². The Hall–Kier alpha value is -0.860. The summed E-state index contributed by atoms with van der Waals surface area (Å²) in [6, 6.07) is 11.3. The van der Waals surface area contributed by atoms with Crippen molar-refractivity contribution in [2.75, 3.05) is 19.8 Å². The quantitative estimate of drug-likeness (QED) is 0.558. The highest BCUT2D eigenvalue weighted by atomic mass is 16.5. The zero-order valence-corrected chi connectivity index (χ0v) is 13.2. The molecule has 0 heterocycles. The Morgan fingerprint density at radius 1 is 0.950 bits per heavy atom. The normalized spacial score (nSPS) is 12.5. The molecule has 0 aliphatic heterocycles. The average Bonchev–Trinajstić information content (AvgIpc) is 2.50. The molecule has 1 aromatic rings. The molecule has 114 valence electrons. The van der Waals surface area contributed by atoms with E-state index in [1.54, 1.807) is 0 Å². The number of ether oxygens (including phenoxy) is 1. The lowest BCUT2D eigenvalue weighted by Gasteiger charge is -2.19. The Morgan fingerprint density at radius 2 is 1.75 bits per heavy atom. The molecule has 0 aromatic heterocycles. The minimum absolute atomic E-state index is 0.494. The first kappa shape index (κ1) is 17.2. The van der Waals surface area contributed by atoms with Gasteiger partial charge in [-0.05, 0) is 31.4 Å². The third-order valence-electron chi connectivity index (χ3n) is 3.50. The number of rotatable bonds is 12. The maximum absolute atomic E-state index is 5.53. The molecule has 2 heteroatoms. The molecular formula is C18H31NO. The molecule has 1 aromatic carbocycles. The molecule has 0 fully saturated rings. The SMILES string of the molecule is CCCCCC(NCCCOCCC)c1ccccc1. The molecule has 0 spiro atoms. The number of hydrogen-bond acceptors (Lipinski definition) is 2. The highest BCUT2D eigenvalue weighted by Gasteiger charge is 2.09. The number of hydrogen-bond donors (Lipinski definition) is 1. The van der Waals surface area contributed by atoms with Crippen molar-refractivity contribution in [3.63, 3.8) is 0 Å². The zero-order valence-electron chi connectivity index (χ0n) is 13.2. The minimum atomic E-state index is 0.494. The van der Waals surface area contributed by atoms with Gasteiger partial charge in [-0.15, -0.1) is 0 Å². The molecular weight excluding hydrogens is 246 g/mol. The van der Waals surface area contributed by atoms with Gasteiger partial charge in [0, 0.05) is 19.3 Å². The summed E-state index contributed by atoms with van der Waals surface area (Å²) in [5.74, 6) is 0. The van der Waals surface area contributed by atoms with Crippen molar-refractivity contribution in [2.45, 2.75) is 58.4 Å². The van der Waals surface area contributed by atoms with Crippen LogP contribution in [0.4, 0.5) is 0 Å². The number of nitrogens with one attached hydrogen (secondary N) is 1. The topological polar surface area (TPSA) is 21.3 Å². The molecule has 20 heavy (non-hydrogen) atoms. The van der Waals surface area contributed by atoms with Crippen LogP contribution in [0.3, 0.4) is 0 Å². The van der Waals surface area contributed by atoms with Gasteiger partial charge in [0.05, 0.1) is 0 Å². The van der Waals surface area contributed by atoms with Crippen LogP contribution in [0, 0.1) is 0 Å². The van der Waals surface area contributed by atoms with Gasteiger partial charge < -0.3 is 10.1 Å². The molecule has 0 amide bonds. The second-order valence-electron chi connectivity index (χ2n) is 5.38. The van der Waals surface area contributed by atoms with E-state index in [9.17, 15) is 0 Å². The maximum Gasteiger partial charge on any atom is 0.0478 e. The first-order valence-electron chi connectivity index (χ1n) is 8.24. The van der Waals surface area contributed by atoms with E-state index in [2.05, 4.69) is 49.5 Å². The lowest BCUT2D eigenvalue weighted by atomic mass is 10.0. The molecule has 0 saturated heterocycles. The van der Waals surface area contributed by atoms with Crippen LogP contribution >= 0.6 is 0 Å². The third kappa shape index (κ3) is 7.66. The summed E-state index contributed by atoms with van der Waals surface area (Å²) in [6.07, 6.45) is 7.34. The Bertz CT molecular complexity index is 312. The van der Waals surface area contributed by atoms with Crippen LogP contribution in [0.25, 0.3) is 0 Å². The van der Waals surface area contributed by atoms with E-state index < -0.39 is 0 Å². The Kier molecular flexibility index (Phi) is 10.3. The fourth-order valence-corrected chi connectivity index (χ4v) is 2.37. The third-order valence-corrected chi connectivity index (χ3v) is 3.50. The summed E-state index contributed by atoms with van der Waals surface area (Å²) in [6.45, 7) is 7.21. The molecule has 0 aliphatic carbocycles. The lowest BCUT2D eigenvalue weighted by molar-refractivity contribution is 0.131. The average molecular weight is 277 g/mol. The fourth-order valence-electron chi connectivity index (χ4n) is 2.37. The zero-order chi connectivity index (χ0) is 14.5. The molecule has 1 rings (SSSR count). The van der Waals surface area contributed by atoms with Crippen molar-refractivity contribution in [3.05, 3.63) is 35.9 Å². The van der Waals surface area contributed by atoms with E-state index >= 15 is 0 Å².